The molecular formula is C24H31N7O3. The van der Waals surface area contributed by atoms with Crippen molar-refractivity contribution in [3.8, 4) is 0 Å². The van der Waals surface area contributed by atoms with Crippen molar-refractivity contribution in [2.75, 3.05) is 43.5 Å². The van der Waals surface area contributed by atoms with Crippen LogP contribution in [0.3, 0.4) is 0 Å². The first-order valence-electron chi connectivity index (χ1n) is 12.0. The molecule has 4 heterocycles. The summed E-state index contributed by atoms with van der Waals surface area (Å²) in [6.07, 6.45) is 9.64. The van der Waals surface area contributed by atoms with Gasteiger partial charge in [-0.15, -0.1) is 0 Å². The highest BCUT2D eigenvalue weighted by molar-refractivity contribution is 5.93. The minimum Gasteiger partial charge on any atom is -0.393 e. The summed E-state index contributed by atoms with van der Waals surface area (Å²) in [5.41, 5.74) is -0.0531. The Hall–Kier alpha value is -3.08. The van der Waals surface area contributed by atoms with Crippen molar-refractivity contribution in [3.05, 3.63) is 47.3 Å². The van der Waals surface area contributed by atoms with Crippen LogP contribution in [0, 0.1) is 0 Å². The Labute approximate surface area is 198 Å². The van der Waals surface area contributed by atoms with E-state index in [-0.39, 0.29) is 17.7 Å². The molecule has 1 saturated carbocycles. The van der Waals surface area contributed by atoms with Gasteiger partial charge in [0.25, 0.3) is 5.56 Å². The molecule has 34 heavy (non-hydrogen) atoms. The molecule has 3 N–H and O–H groups in total. The molecule has 3 aromatic heterocycles. The summed E-state index contributed by atoms with van der Waals surface area (Å²) in [5.74, 6) is 1.74. The van der Waals surface area contributed by atoms with Gasteiger partial charge in [0.15, 0.2) is 0 Å². The second-order valence-corrected chi connectivity index (χ2v) is 8.95. The monoisotopic (exact) mass is 465 g/mol. The van der Waals surface area contributed by atoms with Gasteiger partial charge in [-0.1, -0.05) is 0 Å². The first-order chi connectivity index (χ1) is 16.7. The van der Waals surface area contributed by atoms with Gasteiger partial charge in [0.1, 0.15) is 17.5 Å². The summed E-state index contributed by atoms with van der Waals surface area (Å²) >= 11 is 0. The molecule has 3 aromatic rings. The number of aliphatic hydroxyl groups excluding tert-OH is 1. The molecule has 2 aliphatic rings. The van der Waals surface area contributed by atoms with Crippen molar-refractivity contribution in [3.63, 3.8) is 0 Å². The van der Waals surface area contributed by atoms with Gasteiger partial charge in [-0.3, -0.25) is 14.7 Å². The fraction of sp³-hybridized carbons (Fsp3) is 0.500. The number of fused-ring (bicyclic) bond motifs is 1. The Balaban J connectivity index is 1.46. The van der Waals surface area contributed by atoms with E-state index in [9.17, 15) is 9.90 Å². The van der Waals surface area contributed by atoms with Crippen molar-refractivity contribution in [1.82, 2.24) is 24.4 Å². The Bertz CT molecular complexity index is 1160. The summed E-state index contributed by atoms with van der Waals surface area (Å²) in [5, 5.41) is 18.0. The minimum atomic E-state index is -0.246. The summed E-state index contributed by atoms with van der Waals surface area (Å²) in [4.78, 5) is 29.0. The highest BCUT2D eigenvalue weighted by Crippen LogP contribution is 2.27. The predicted octanol–water partition coefficient (Wildman–Crippen LogP) is 1.98. The summed E-state index contributed by atoms with van der Waals surface area (Å²) in [6, 6.07) is 4.00. The van der Waals surface area contributed by atoms with E-state index < -0.39 is 0 Å². The summed E-state index contributed by atoms with van der Waals surface area (Å²) in [7, 11) is 0. The molecule has 0 bridgehead atoms. The van der Waals surface area contributed by atoms with Crippen LogP contribution in [0.1, 0.15) is 25.7 Å². The number of nitrogens with one attached hydrogen (secondary N) is 2. The van der Waals surface area contributed by atoms with Crippen LogP contribution in [0.5, 0.6) is 0 Å². The second kappa shape index (κ2) is 10.5. The smallest absolute Gasteiger partial charge is 0.262 e. The maximum atomic E-state index is 13.5. The molecular weight excluding hydrogens is 434 g/mol. The highest BCUT2D eigenvalue weighted by Gasteiger charge is 2.22. The third-order valence-corrected chi connectivity index (χ3v) is 6.58. The van der Waals surface area contributed by atoms with Gasteiger partial charge in [-0.05, 0) is 43.2 Å². The zero-order valence-electron chi connectivity index (χ0n) is 19.2. The molecule has 0 radical (unpaired) electrons. The third kappa shape index (κ3) is 5.35. The second-order valence-electron chi connectivity index (χ2n) is 8.95. The van der Waals surface area contributed by atoms with E-state index in [0.29, 0.717) is 29.4 Å². The maximum Gasteiger partial charge on any atom is 0.262 e. The van der Waals surface area contributed by atoms with Gasteiger partial charge in [-0.25, -0.2) is 9.97 Å². The average molecular weight is 466 g/mol. The number of aliphatic hydroxyl groups is 1. The van der Waals surface area contributed by atoms with Crippen LogP contribution in [-0.4, -0.2) is 74.5 Å². The SMILES string of the molecule is O=c1c2c(N[C@H]3CC[C@@H](O)CC3)nc(Nc3cnccn3)cc2ccn1CCN1CCOCC1. The number of aromatic nitrogens is 4. The Kier molecular flexibility index (Phi) is 6.98. The molecule has 5 rings (SSSR count). The van der Waals surface area contributed by atoms with Crippen LogP contribution < -0.4 is 16.2 Å². The normalized spacial score (nSPS) is 21.4. The number of pyridine rings is 2. The van der Waals surface area contributed by atoms with Gasteiger partial charge in [-0.2, -0.15) is 0 Å². The van der Waals surface area contributed by atoms with Crippen LogP contribution in [0.25, 0.3) is 10.8 Å². The Morgan fingerprint density at radius 3 is 2.68 bits per heavy atom. The predicted molar refractivity (Wildman–Crippen MR) is 130 cm³/mol. The summed E-state index contributed by atoms with van der Waals surface area (Å²) in [6.45, 7) is 4.68. The number of hydrogen-bond donors (Lipinski definition) is 3. The molecule has 1 aliphatic carbocycles. The van der Waals surface area contributed by atoms with Crippen molar-refractivity contribution in [1.29, 1.82) is 0 Å². The number of rotatable bonds is 7. The Morgan fingerprint density at radius 1 is 1.09 bits per heavy atom. The van der Waals surface area contributed by atoms with Crippen LogP contribution >= 0.6 is 0 Å². The van der Waals surface area contributed by atoms with Crippen molar-refractivity contribution >= 4 is 28.2 Å². The molecule has 1 saturated heterocycles. The van der Waals surface area contributed by atoms with Gasteiger partial charge in [0, 0.05) is 50.8 Å². The molecule has 0 aromatic carbocycles. The quantitative estimate of drug-likeness (QED) is 0.481. The van der Waals surface area contributed by atoms with Gasteiger partial charge in [0.05, 0.1) is 30.9 Å². The molecule has 180 valence electrons. The van der Waals surface area contributed by atoms with E-state index in [0.717, 1.165) is 63.9 Å². The number of morpholine rings is 1. The van der Waals surface area contributed by atoms with E-state index in [4.69, 9.17) is 9.72 Å². The Morgan fingerprint density at radius 2 is 1.91 bits per heavy atom. The van der Waals surface area contributed by atoms with Gasteiger partial charge >= 0.3 is 0 Å². The van der Waals surface area contributed by atoms with Gasteiger partial charge < -0.3 is 25.0 Å². The van der Waals surface area contributed by atoms with E-state index in [1.54, 1.807) is 23.2 Å². The highest BCUT2D eigenvalue weighted by atomic mass is 16.5. The van der Waals surface area contributed by atoms with Crippen molar-refractivity contribution in [2.24, 2.45) is 0 Å². The largest absolute Gasteiger partial charge is 0.393 e. The molecule has 10 nitrogen and oxygen atoms in total. The number of anilines is 3. The molecule has 0 unspecified atom stereocenters. The molecule has 2 fully saturated rings. The van der Waals surface area contributed by atoms with Crippen LogP contribution in [0.15, 0.2) is 41.7 Å². The summed E-state index contributed by atoms with van der Waals surface area (Å²) < 4.78 is 7.19. The van der Waals surface area contributed by atoms with E-state index >= 15 is 0 Å². The molecule has 0 atom stereocenters. The fourth-order valence-corrected chi connectivity index (χ4v) is 4.63. The van der Waals surface area contributed by atoms with E-state index in [2.05, 4.69) is 25.5 Å². The zero-order chi connectivity index (χ0) is 23.3. The van der Waals surface area contributed by atoms with Crippen molar-refractivity contribution in [2.45, 2.75) is 44.4 Å². The van der Waals surface area contributed by atoms with Crippen LogP contribution in [-0.2, 0) is 11.3 Å². The molecule has 1 aliphatic heterocycles. The first kappa shape index (κ1) is 22.7. The molecule has 0 amide bonds. The zero-order valence-corrected chi connectivity index (χ0v) is 19.2. The maximum absolute atomic E-state index is 13.5. The fourth-order valence-electron chi connectivity index (χ4n) is 4.63. The van der Waals surface area contributed by atoms with Crippen LogP contribution in [0.2, 0.25) is 0 Å². The minimum absolute atomic E-state index is 0.0531. The van der Waals surface area contributed by atoms with E-state index in [1.165, 1.54) is 0 Å². The topological polar surface area (TPSA) is 117 Å². The average Bonchev–Trinajstić information content (AvgIpc) is 2.86. The lowest BCUT2D eigenvalue weighted by Gasteiger charge is -2.27. The molecule has 0 spiro atoms. The lowest BCUT2D eigenvalue weighted by atomic mass is 9.93. The van der Waals surface area contributed by atoms with Crippen LogP contribution in [0.4, 0.5) is 17.5 Å². The van der Waals surface area contributed by atoms with Gasteiger partial charge in [0.2, 0.25) is 0 Å². The lowest BCUT2D eigenvalue weighted by molar-refractivity contribution is 0.0363. The number of hydrogen-bond acceptors (Lipinski definition) is 9. The lowest BCUT2D eigenvalue weighted by Crippen LogP contribution is -2.39. The first-order valence-corrected chi connectivity index (χ1v) is 12.0. The van der Waals surface area contributed by atoms with Crippen molar-refractivity contribution < 1.29 is 9.84 Å². The third-order valence-electron chi connectivity index (χ3n) is 6.58. The van der Waals surface area contributed by atoms with E-state index in [1.807, 2.05) is 18.3 Å². The number of nitrogens with zero attached hydrogens (tertiary/aromatic N) is 5. The molecule has 10 heteroatoms. The number of ether oxygens (including phenoxy) is 1. The standard InChI is InChI=1S/C24H31N7O3/c32-19-3-1-18(2-4-19)27-23-22-17(15-20(29-23)28-21-16-25-6-7-26-21)5-8-31(24(22)33)10-9-30-11-13-34-14-12-30/h5-8,15-16,18-19,32H,1-4,9-14H2,(H2,26,27,28,29)/t18-,19+.